The zero-order chi connectivity index (χ0) is 21.4. The molecule has 1 saturated heterocycles. The average Bonchev–Trinajstić information content (AvgIpc) is 3.16. The molecule has 2 aliphatic rings. The van der Waals surface area contributed by atoms with E-state index in [0.717, 1.165) is 4.90 Å². The largest absolute Gasteiger partial charge is 0.537 e. The summed E-state index contributed by atoms with van der Waals surface area (Å²) in [5.74, 6) is -2.59. The van der Waals surface area contributed by atoms with Gasteiger partial charge in [-0.2, -0.15) is 0 Å². The molecule has 11 nitrogen and oxygen atoms in total. The maximum Gasteiger partial charge on any atom is 0.537 e. The molecule has 1 unspecified atom stereocenters. The molecule has 0 spiro atoms. The van der Waals surface area contributed by atoms with Crippen LogP contribution in [0, 0.1) is 0 Å². The number of hydrogen-bond donors (Lipinski definition) is 0. The molecule has 0 N–H and O–H groups in total. The first-order chi connectivity index (χ1) is 13.8. The highest BCUT2D eigenvalue weighted by molar-refractivity contribution is 6.12. The number of esters is 1. The monoisotopic (exact) mass is 410 g/mol. The first kappa shape index (κ1) is 22.1. The zero-order valence-corrected chi connectivity index (χ0v) is 16.0. The Balaban J connectivity index is 1.62. The molecule has 4 amide bonds. The second-order valence-corrected chi connectivity index (χ2v) is 6.34. The van der Waals surface area contributed by atoms with E-state index in [2.05, 4.69) is 4.84 Å². The summed E-state index contributed by atoms with van der Waals surface area (Å²) in [5.41, 5.74) is 0. The highest BCUT2D eigenvalue weighted by atomic mass is 16.9. The van der Waals surface area contributed by atoms with Crippen LogP contribution in [0.3, 0.4) is 0 Å². The summed E-state index contributed by atoms with van der Waals surface area (Å²) < 4.78 is 9.83. The van der Waals surface area contributed by atoms with Gasteiger partial charge in [-0.3, -0.25) is 33.7 Å². The SMILES string of the molecule is CCC(OC(=O)CCCCCN1C(=O)C=CC1=O)OC(=O)ON1C(=O)CCC1=O. The molecule has 0 aliphatic carbocycles. The van der Waals surface area contributed by atoms with Crippen LogP contribution in [-0.4, -0.2) is 58.6 Å². The predicted octanol–water partition coefficient (Wildman–Crippen LogP) is 0.968. The van der Waals surface area contributed by atoms with E-state index in [1.165, 1.54) is 12.2 Å². The summed E-state index contributed by atoms with van der Waals surface area (Å²) in [6.07, 6.45) is 1.60. The van der Waals surface area contributed by atoms with Gasteiger partial charge in [-0.15, -0.1) is 0 Å². The van der Waals surface area contributed by atoms with Crippen molar-refractivity contribution in [2.45, 2.75) is 58.2 Å². The standard InChI is InChI=1S/C18H22N2O9/c1-2-17(28-18(26)29-20-14(23)9-10-15(20)24)27-16(25)6-4-3-5-11-19-12(21)7-8-13(19)22/h7-8,17H,2-6,9-11H2,1H3. The third-order valence-corrected chi connectivity index (χ3v) is 4.16. The molecule has 1 atom stereocenters. The van der Waals surface area contributed by atoms with Crippen LogP contribution in [0.1, 0.15) is 51.9 Å². The third-order valence-electron chi connectivity index (χ3n) is 4.16. The van der Waals surface area contributed by atoms with Crippen LogP contribution in [0.15, 0.2) is 12.2 Å². The van der Waals surface area contributed by atoms with Crippen molar-refractivity contribution in [1.29, 1.82) is 0 Å². The van der Waals surface area contributed by atoms with E-state index in [-0.39, 0.29) is 44.0 Å². The topological polar surface area (TPSA) is 137 Å². The Morgan fingerprint density at radius 1 is 0.966 bits per heavy atom. The smallest absolute Gasteiger partial charge is 0.425 e. The van der Waals surface area contributed by atoms with Gasteiger partial charge in [-0.1, -0.05) is 18.4 Å². The zero-order valence-electron chi connectivity index (χ0n) is 16.0. The molecular weight excluding hydrogens is 388 g/mol. The maximum absolute atomic E-state index is 11.9. The molecule has 2 aliphatic heterocycles. The number of carbonyl (C=O) groups is 6. The summed E-state index contributed by atoms with van der Waals surface area (Å²) in [5, 5.41) is 0.336. The van der Waals surface area contributed by atoms with Gasteiger partial charge >= 0.3 is 12.1 Å². The Kier molecular flexibility index (Phi) is 7.87. The van der Waals surface area contributed by atoms with E-state index in [4.69, 9.17) is 9.47 Å². The Morgan fingerprint density at radius 2 is 1.59 bits per heavy atom. The molecule has 1 fully saturated rings. The van der Waals surface area contributed by atoms with E-state index in [9.17, 15) is 28.8 Å². The van der Waals surface area contributed by atoms with Gasteiger partial charge in [0.2, 0.25) is 0 Å². The summed E-state index contributed by atoms with van der Waals surface area (Å²) in [4.78, 5) is 74.8. The number of imide groups is 2. The van der Waals surface area contributed by atoms with Crippen molar-refractivity contribution in [1.82, 2.24) is 9.96 Å². The van der Waals surface area contributed by atoms with E-state index in [0.29, 0.717) is 24.3 Å². The quantitative estimate of drug-likeness (QED) is 0.223. The number of hydrogen-bond acceptors (Lipinski definition) is 9. The van der Waals surface area contributed by atoms with Gasteiger partial charge in [0.25, 0.3) is 29.9 Å². The van der Waals surface area contributed by atoms with Crippen molar-refractivity contribution < 1.29 is 43.1 Å². The summed E-state index contributed by atoms with van der Waals surface area (Å²) >= 11 is 0. The number of unbranched alkanes of at least 4 members (excludes halogenated alkanes) is 2. The molecule has 2 heterocycles. The molecule has 0 aromatic rings. The fourth-order valence-electron chi connectivity index (χ4n) is 2.63. The summed E-state index contributed by atoms with van der Waals surface area (Å²) in [6.45, 7) is 1.88. The van der Waals surface area contributed by atoms with Crippen LogP contribution in [0.4, 0.5) is 4.79 Å². The lowest BCUT2D eigenvalue weighted by atomic mass is 10.2. The van der Waals surface area contributed by atoms with Crippen LogP contribution in [-0.2, 0) is 38.3 Å². The van der Waals surface area contributed by atoms with E-state index >= 15 is 0 Å². The Morgan fingerprint density at radius 3 is 2.17 bits per heavy atom. The van der Waals surface area contributed by atoms with Crippen LogP contribution >= 0.6 is 0 Å². The molecule has 2 rings (SSSR count). The lowest BCUT2D eigenvalue weighted by Crippen LogP contribution is -2.34. The molecule has 0 saturated carbocycles. The second kappa shape index (κ2) is 10.3. The molecule has 0 aromatic heterocycles. The lowest BCUT2D eigenvalue weighted by Gasteiger charge is -2.18. The van der Waals surface area contributed by atoms with Crippen molar-refractivity contribution in [3.63, 3.8) is 0 Å². The summed E-state index contributed by atoms with van der Waals surface area (Å²) in [6, 6.07) is 0. The molecule has 0 bridgehead atoms. The van der Waals surface area contributed by atoms with Gasteiger partial charge in [-0.05, 0) is 12.8 Å². The first-order valence-corrected chi connectivity index (χ1v) is 9.29. The minimum atomic E-state index is -1.32. The predicted molar refractivity (Wildman–Crippen MR) is 93.2 cm³/mol. The van der Waals surface area contributed by atoms with Crippen LogP contribution in [0.25, 0.3) is 0 Å². The molecule has 11 heteroatoms. The highest BCUT2D eigenvalue weighted by Crippen LogP contribution is 2.14. The molecule has 0 aromatic carbocycles. The molecule has 0 radical (unpaired) electrons. The normalized spacial score (nSPS) is 17.1. The van der Waals surface area contributed by atoms with Crippen LogP contribution in [0.2, 0.25) is 0 Å². The van der Waals surface area contributed by atoms with Crippen molar-refractivity contribution in [2.24, 2.45) is 0 Å². The Bertz CT molecular complexity index is 697. The van der Waals surface area contributed by atoms with Gasteiger partial charge in [0.1, 0.15) is 0 Å². The molecular formula is C18H22N2O9. The fourth-order valence-corrected chi connectivity index (χ4v) is 2.63. The van der Waals surface area contributed by atoms with E-state index in [1.807, 2.05) is 0 Å². The van der Waals surface area contributed by atoms with E-state index < -0.39 is 30.2 Å². The van der Waals surface area contributed by atoms with Gasteiger partial charge < -0.3 is 9.47 Å². The van der Waals surface area contributed by atoms with Crippen molar-refractivity contribution in [2.75, 3.05) is 6.54 Å². The van der Waals surface area contributed by atoms with Gasteiger partial charge in [0.05, 0.1) is 0 Å². The van der Waals surface area contributed by atoms with Gasteiger partial charge in [0, 0.05) is 44.4 Å². The lowest BCUT2D eigenvalue weighted by molar-refractivity contribution is -0.193. The van der Waals surface area contributed by atoms with Gasteiger partial charge in [-0.25, -0.2) is 4.79 Å². The average molecular weight is 410 g/mol. The maximum atomic E-state index is 11.9. The first-order valence-electron chi connectivity index (χ1n) is 9.29. The van der Waals surface area contributed by atoms with E-state index in [1.54, 1.807) is 6.92 Å². The van der Waals surface area contributed by atoms with Crippen molar-refractivity contribution in [3.8, 4) is 0 Å². The number of ether oxygens (including phenoxy) is 2. The number of amides is 4. The van der Waals surface area contributed by atoms with Crippen molar-refractivity contribution >= 4 is 35.8 Å². The summed E-state index contributed by atoms with van der Waals surface area (Å²) in [7, 11) is 0. The van der Waals surface area contributed by atoms with Crippen LogP contribution < -0.4 is 0 Å². The third kappa shape index (κ3) is 6.40. The molecule has 29 heavy (non-hydrogen) atoms. The van der Waals surface area contributed by atoms with Gasteiger partial charge in [0.15, 0.2) is 0 Å². The van der Waals surface area contributed by atoms with Crippen molar-refractivity contribution in [3.05, 3.63) is 12.2 Å². The fraction of sp³-hybridized carbons (Fsp3) is 0.556. The Hall–Kier alpha value is -3.24. The minimum absolute atomic E-state index is 0.0467. The van der Waals surface area contributed by atoms with Crippen LogP contribution in [0.5, 0.6) is 0 Å². The number of hydroxylamine groups is 2. The molecule has 158 valence electrons. The highest BCUT2D eigenvalue weighted by Gasteiger charge is 2.34. The minimum Gasteiger partial charge on any atom is -0.425 e. The number of rotatable bonds is 10. The Labute approximate surface area is 166 Å². The second-order valence-electron chi connectivity index (χ2n) is 6.34. The number of carbonyl (C=O) groups excluding carboxylic acids is 6. The number of nitrogens with zero attached hydrogens (tertiary/aromatic N) is 2.